The topological polar surface area (TPSA) is 75.7 Å². The number of carbonyl (C=O) groups excluding carboxylic acids is 1. The van der Waals surface area contributed by atoms with Crippen LogP contribution >= 0.6 is 0 Å². The van der Waals surface area contributed by atoms with Gasteiger partial charge in [-0.3, -0.25) is 0 Å². The molecule has 1 saturated heterocycles. The molecular weight excluding hydrogens is 328 g/mol. The monoisotopic (exact) mass is 354 g/mol. The largest absolute Gasteiger partial charge is 0.492 e. The van der Waals surface area contributed by atoms with Gasteiger partial charge in [-0.25, -0.2) is 13.2 Å². The lowest BCUT2D eigenvalue weighted by Gasteiger charge is -2.23. The summed E-state index contributed by atoms with van der Waals surface area (Å²) in [4.78, 5) is 13.5. The van der Waals surface area contributed by atoms with E-state index in [0.717, 1.165) is 5.75 Å². The average molecular weight is 354 g/mol. The molecule has 2 amide bonds. The highest BCUT2D eigenvalue weighted by atomic mass is 32.2. The van der Waals surface area contributed by atoms with Gasteiger partial charge in [-0.2, -0.15) is 0 Å². The highest BCUT2D eigenvalue weighted by Crippen LogP contribution is 2.18. The summed E-state index contributed by atoms with van der Waals surface area (Å²) in [7, 11) is -1.36. The van der Waals surface area contributed by atoms with Gasteiger partial charge in [0.15, 0.2) is 9.84 Å². The van der Waals surface area contributed by atoms with Gasteiger partial charge in [0.05, 0.1) is 18.1 Å². The Bertz CT molecular complexity index is 656. The van der Waals surface area contributed by atoms with E-state index in [1.165, 1.54) is 10.5 Å². The van der Waals surface area contributed by atoms with Crippen LogP contribution in [0.2, 0.25) is 0 Å². The molecule has 2 rings (SSSR count). The fraction of sp³-hybridized carbons (Fsp3) is 0.588. The van der Waals surface area contributed by atoms with Crippen LogP contribution in [0.1, 0.15) is 31.7 Å². The summed E-state index contributed by atoms with van der Waals surface area (Å²) < 4.78 is 28.5. The SMILES string of the molecule is CC(C)c1ccc(OCCNC(=O)N(C)C2CCS(=O)(=O)C2)cc1. The molecule has 1 aliphatic heterocycles. The first-order valence-corrected chi connectivity index (χ1v) is 10.0. The van der Waals surface area contributed by atoms with Gasteiger partial charge in [-0.1, -0.05) is 26.0 Å². The van der Waals surface area contributed by atoms with E-state index < -0.39 is 9.84 Å². The van der Waals surface area contributed by atoms with E-state index in [4.69, 9.17) is 4.74 Å². The van der Waals surface area contributed by atoms with Crippen LogP contribution in [-0.4, -0.2) is 57.1 Å². The van der Waals surface area contributed by atoms with Gasteiger partial charge in [-0.15, -0.1) is 0 Å². The number of urea groups is 1. The maximum atomic E-state index is 12.0. The Balaban J connectivity index is 1.71. The quantitative estimate of drug-likeness (QED) is 0.793. The highest BCUT2D eigenvalue weighted by Gasteiger charge is 2.32. The van der Waals surface area contributed by atoms with Crippen LogP contribution in [0.15, 0.2) is 24.3 Å². The van der Waals surface area contributed by atoms with Crippen molar-refractivity contribution in [3.8, 4) is 5.75 Å². The van der Waals surface area contributed by atoms with Crippen molar-refractivity contribution in [1.82, 2.24) is 10.2 Å². The van der Waals surface area contributed by atoms with Crippen molar-refractivity contribution in [1.29, 1.82) is 0 Å². The highest BCUT2D eigenvalue weighted by molar-refractivity contribution is 7.91. The van der Waals surface area contributed by atoms with Crippen LogP contribution in [0.3, 0.4) is 0 Å². The van der Waals surface area contributed by atoms with E-state index in [1.807, 2.05) is 24.3 Å². The summed E-state index contributed by atoms with van der Waals surface area (Å²) in [5.41, 5.74) is 1.25. The Morgan fingerprint density at radius 2 is 2.00 bits per heavy atom. The van der Waals surface area contributed by atoms with Crippen LogP contribution in [-0.2, 0) is 9.84 Å². The molecule has 0 bridgehead atoms. The zero-order valence-electron chi connectivity index (χ0n) is 14.5. The summed E-state index contributed by atoms with van der Waals surface area (Å²) in [6.07, 6.45) is 0.505. The van der Waals surface area contributed by atoms with Crippen LogP contribution in [0.25, 0.3) is 0 Å². The van der Waals surface area contributed by atoms with Crippen molar-refractivity contribution in [2.45, 2.75) is 32.2 Å². The van der Waals surface area contributed by atoms with Crippen LogP contribution in [0.4, 0.5) is 4.79 Å². The Labute approximate surface area is 144 Å². The average Bonchev–Trinajstić information content (AvgIpc) is 2.91. The van der Waals surface area contributed by atoms with E-state index in [9.17, 15) is 13.2 Å². The third kappa shape index (κ3) is 5.12. The molecule has 24 heavy (non-hydrogen) atoms. The van der Waals surface area contributed by atoms with E-state index in [1.54, 1.807) is 7.05 Å². The van der Waals surface area contributed by atoms with Crippen LogP contribution in [0, 0.1) is 0 Å². The van der Waals surface area contributed by atoms with Crippen LogP contribution < -0.4 is 10.1 Å². The third-order valence-electron chi connectivity index (χ3n) is 4.27. The minimum Gasteiger partial charge on any atom is -0.492 e. The zero-order valence-corrected chi connectivity index (χ0v) is 15.3. The lowest BCUT2D eigenvalue weighted by molar-refractivity contribution is 0.192. The van der Waals surface area contributed by atoms with Gasteiger partial charge in [0.2, 0.25) is 0 Å². The number of hydrogen-bond acceptors (Lipinski definition) is 4. The number of hydrogen-bond donors (Lipinski definition) is 1. The lowest BCUT2D eigenvalue weighted by Crippen LogP contribution is -2.45. The predicted octanol–water partition coefficient (Wildman–Crippen LogP) is 2.02. The summed E-state index contributed by atoms with van der Waals surface area (Å²) in [5, 5.41) is 2.75. The first-order valence-electron chi connectivity index (χ1n) is 8.22. The predicted molar refractivity (Wildman–Crippen MR) is 94.2 cm³/mol. The molecule has 6 nitrogen and oxygen atoms in total. The number of nitrogens with one attached hydrogen (secondary N) is 1. The van der Waals surface area contributed by atoms with Crippen molar-refractivity contribution in [2.24, 2.45) is 0 Å². The fourth-order valence-electron chi connectivity index (χ4n) is 2.65. The molecule has 134 valence electrons. The number of sulfone groups is 1. The van der Waals surface area contributed by atoms with E-state index >= 15 is 0 Å². The Morgan fingerprint density at radius 1 is 1.33 bits per heavy atom. The van der Waals surface area contributed by atoms with Gasteiger partial charge in [0.1, 0.15) is 12.4 Å². The maximum absolute atomic E-state index is 12.0. The molecule has 0 radical (unpaired) electrons. The van der Waals surface area contributed by atoms with E-state index in [2.05, 4.69) is 19.2 Å². The number of rotatable bonds is 6. The molecular formula is C17H26N2O4S. The van der Waals surface area contributed by atoms with Crippen molar-refractivity contribution in [2.75, 3.05) is 31.7 Å². The van der Waals surface area contributed by atoms with E-state index in [-0.39, 0.29) is 23.6 Å². The maximum Gasteiger partial charge on any atom is 0.317 e. The van der Waals surface area contributed by atoms with Gasteiger partial charge < -0.3 is 15.0 Å². The molecule has 1 unspecified atom stereocenters. The lowest BCUT2D eigenvalue weighted by atomic mass is 10.0. The molecule has 1 atom stereocenters. The van der Waals surface area contributed by atoms with E-state index in [0.29, 0.717) is 25.5 Å². The smallest absolute Gasteiger partial charge is 0.317 e. The van der Waals surface area contributed by atoms with Gasteiger partial charge in [0.25, 0.3) is 0 Å². The second-order valence-corrected chi connectivity index (χ2v) is 8.70. The summed E-state index contributed by atoms with van der Waals surface area (Å²) >= 11 is 0. The van der Waals surface area contributed by atoms with Crippen molar-refractivity contribution >= 4 is 15.9 Å². The van der Waals surface area contributed by atoms with Crippen molar-refractivity contribution < 1.29 is 17.9 Å². The normalized spacial score (nSPS) is 19.2. The number of carbonyl (C=O) groups is 1. The Hall–Kier alpha value is -1.76. The number of benzene rings is 1. The second-order valence-electron chi connectivity index (χ2n) is 6.47. The summed E-state index contributed by atoms with van der Waals surface area (Å²) in [5.74, 6) is 1.46. The first kappa shape index (κ1) is 18.6. The molecule has 1 heterocycles. The zero-order chi connectivity index (χ0) is 17.7. The molecule has 1 aliphatic rings. The molecule has 0 aromatic heterocycles. The molecule has 0 spiro atoms. The van der Waals surface area contributed by atoms with Crippen molar-refractivity contribution in [3.63, 3.8) is 0 Å². The Morgan fingerprint density at radius 3 is 2.54 bits per heavy atom. The Kier molecular flexibility index (Phi) is 6.10. The van der Waals surface area contributed by atoms with Gasteiger partial charge in [0, 0.05) is 13.1 Å². The van der Waals surface area contributed by atoms with Gasteiger partial charge >= 0.3 is 6.03 Å². The summed E-state index contributed by atoms with van der Waals surface area (Å²) in [6.45, 7) is 5.01. The molecule has 7 heteroatoms. The van der Waals surface area contributed by atoms with Crippen molar-refractivity contribution in [3.05, 3.63) is 29.8 Å². The molecule has 1 N–H and O–H groups in total. The minimum atomic E-state index is -2.99. The molecule has 0 aliphatic carbocycles. The number of nitrogens with zero attached hydrogens (tertiary/aromatic N) is 1. The first-order chi connectivity index (χ1) is 11.3. The molecule has 0 saturated carbocycles. The van der Waals surface area contributed by atoms with Gasteiger partial charge in [-0.05, 0) is 30.0 Å². The molecule has 1 aromatic carbocycles. The number of ether oxygens (including phenoxy) is 1. The number of amides is 2. The van der Waals surface area contributed by atoms with Crippen LogP contribution in [0.5, 0.6) is 5.75 Å². The minimum absolute atomic E-state index is 0.0512. The standard InChI is InChI=1S/C17H26N2O4S/c1-13(2)14-4-6-16(7-5-14)23-10-9-18-17(20)19(3)15-8-11-24(21,22)12-15/h4-7,13,15H,8-12H2,1-3H3,(H,18,20). The second kappa shape index (κ2) is 7.88. The fourth-order valence-corrected chi connectivity index (χ4v) is 4.42. The third-order valence-corrected chi connectivity index (χ3v) is 6.02. The molecule has 1 fully saturated rings. The molecule has 1 aromatic rings. The summed E-state index contributed by atoms with van der Waals surface area (Å²) in [6, 6.07) is 7.41.